The standard InChI is InChI=1S/C15H18N2O2S/c1-10-14(20-12(3)17-10)9-16-15(18)11(2)19-13-7-5-4-6-8-13/h4-8,11H,9H2,1-3H3,(H,16,18). The van der Waals surface area contributed by atoms with Gasteiger partial charge in [0.1, 0.15) is 5.75 Å². The number of aromatic nitrogens is 1. The Bertz CT molecular complexity index is 581. The average molecular weight is 290 g/mol. The molecule has 2 rings (SSSR count). The molecule has 1 atom stereocenters. The van der Waals surface area contributed by atoms with E-state index < -0.39 is 6.10 Å². The molecule has 0 fully saturated rings. The molecule has 1 aromatic heterocycles. The Labute approximate surface area is 122 Å². The Kier molecular flexibility index (Phi) is 4.74. The van der Waals surface area contributed by atoms with Crippen molar-refractivity contribution in [2.75, 3.05) is 0 Å². The summed E-state index contributed by atoms with van der Waals surface area (Å²) in [6.07, 6.45) is -0.522. The van der Waals surface area contributed by atoms with Crippen molar-refractivity contribution >= 4 is 17.2 Å². The smallest absolute Gasteiger partial charge is 0.261 e. The zero-order valence-corrected chi connectivity index (χ0v) is 12.7. The molecule has 0 saturated carbocycles. The number of hydrogen-bond acceptors (Lipinski definition) is 4. The van der Waals surface area contributed by atoms with Gasteiger partial charge in [0.2, 0.25) is 0 Å². The van der Waals surface area contributed by atoms with Gasteiger partial charge in [-0.25, -0.2) is 4.98 Å². The molecule has 1 amide bonds. The molecule has 1 N–H and O–H groups in total. The van der Waals surface area contributed by atoms with Crippen LogP contribution >= 0.6 is 11.3 Å². The van der Waals surface area contributed by atoms with Crippen molar-refractivity contribution < 1.29 is 9.53 Å². The summed E-state index contributed by atoms with van der Waals surface area (Å²) in [6.45, 7) is 6.16. The fourth-order valence-corrected chi connectivity index (χ4v) is 2.68. The molecule has 0 radical (unpaired) electrons. The highest BCUT2D eigenvalue weighted by atomic mass is 32.1. The van der Waals surface area contributed by atoms with E-state index in [9.17, 15) is 4.79 Å². The van der Waals surface area contributed by atoms with Crippen LogP contribution in [0.15, 0.2) is 30.3 Å². The fraction of sp³-hybridized carbons (Fsp3) is 0.333. The normalized spacial score (nSPS) is 11.9. The molecule has 0 spiro atoms. The topological polar surface area (TPSA) is 51.2 Å². The summed E-state index contributed by atoms with van der Waals surface area (Å²) in [5.41, 5.74) is 0.976. The second-order valence-electron chi connectivity index (χ2n) is 4.53. The van der Waals surface area contributed by atoms with Crippen LogP contribution in [0.4, 0.5) is 0 Å². The van der Waals surface area contributed by atoms with Crippen LogP contribution in [0, 0.1) is 13.8 Å². The second kappa shape index (κ2) is 6.52. The number of rotatable bonds is 5. The van der Waals surface area contributed by atoms with Crippen molar-refractivity contribution in [2.45, 2.75) is 33.4 Å². The van der Waals surface area contributed by atoms with Gasteiger partial charge in [-0.15, -0.1) is 11.3 Å². The molecule has 20 heavy (non-hydrogen) atoms. The number of nitrogens with zero attached hydrogens (tertiary/aromatic N) is 1. The predicted octanol–water partition coefficient (Wildman–Crippen LogP) is 2.84. The average Bonchev–Trinajstić information content (AvgIpc) is 2.75. The van der Waals surface area contributed by atoms with Gasteiger partial charge in [0.05, 0.1) is 17.2 Å². The van der Waals surface area contributed by atoms with E-state index in [-0.39, 0.29) is 5.91 Å². The van der Waals surface area contributed by atoms with Crippen molar-refractivity contribution in [3.63, 3.8) is 0 Å². The lowest BCUT2D eigenvalue weighted by Gasteiger charge is -2.14. The molecule has 106 valence electrons. The van der Waals surface area contributed by atoms with Crippen LogP contribution in [-0.2, 0) is 11.3 Å². The van der Waals surface area contributed by atoms with Crippen LogP contribution in [0.2, 0.25) is 0 Å². The van der Waals surface area contributed by atoms with Crippen molar-refractivity contribution in [2.24, 2.45) is 0 Å². The summed E-state index contributed by atoms with van der Waals surface area (Å²) < 4.78 is 5.58. The third kappa shape index (κ3) is 3.81. The maximum Gasteiger partial charge on any atom is 0.261 e. The maximum atomic E-state index is 12.0. The molecular weight excluding hydrogens is 272 g/mol. The van der Waals surface area contributed by atoms with E-state index in [2.05, 4.69) is 10.3 Å². The lowest BCUT2D eigenvalue weighted by Crippen LogP contribution is -2.35. The van der Waals surface area contributed by atoms with Gasteiger partial charge in [0.25, 0.3) is 5.91 Å². The van der Waals surface area contributed by atoms with E-state index in [4.69, 9.17) is 4.74 Å². The minimum atomic E-state index is -0.522. The Morgan fingerprint density at radius 1 is 1.35 bits per heavy atom. The molecule has 1 unspecified atom stereocenters. The highest BCUT2D eigenvalue weighted by molar-refractivity contribution is 7.11. The molecular formula is C15H18N2O2S. The molecule has 5 heteroatoms. The highest BCUT2D eigenvalue weighted by Gasteiger charge is 2.15. The molecule has 0 saturated heterocycles. The summed E-state index contributed by atoms with van der Waals surface area (Å²) in [7, 11) is 0. The number of carbonyl (C=O) groups excluding carboxylic acids is 1. The van der Waals surface area contributed by atoms with E-state index in [1.54, 1.807) is 18.3 Å². The zero-order valence-electron chi connectivity index (χ0n) is 11.8. The van der Waals surface area contributed by atoms with E-state index in [1.807, 2.05) is 44.2 Å². The van der Waals surface area contributed by atoms with E-state index in [1.165, 1.54) is 0 Å². The number of aryl methyl sites for hydroxylation is 2. The van der Waals surface area contributed by atoms with E-state index in [0.717, 1.165) is 15.6 Å². The highest BCUT2D eigenvalue weighted by Crippen LogP contribution is 2.17. The number of hydrogen-bond donors (Lipinski definition) is 1. The molecule has 0 aliphatic heterocycles. The number of ether oxygens (including phenoxy) is 1. The van der Waals surface area contributed by atoms with Crippen LogP contribution < -0.4 is 10.1 Å². The van der Waals surface area contributed by atoms with Crippen molar-refractivity contribution in [1.82, 2.24) is 10.3 Å². The first kappa shape index (κ1) is 14.5. The molecule has 0 aliphatic rings. The van der Waals surface area contributed by atoms with Gasteiger partial charge < -0.3 is 10.1 Å². The van der Waals surface area contributed by atoms with Gasteiger partial charge in [0.15, 0.2) is 6.10 Å². The van der Waals surface area contributed by atoms with Crippen LogP contribution in [-0.4, -0.2) is 17.0 Å². The lowest BCUT2D eigenvalue weighted by molar-refractivity contribution is -0.127. The summed E-state index contributed by atoms with van der Waals surface area (Å²) in [6, 6.07) is 9.33. The third-order valence-corrected chi connectivity index (χ3v) is 3.92. The summed E-state index contributed by atoms with van der Waals surface area (Å²) in [5.74, 6) is 0.569. The van der Waals surface area contributed by atoms with Gasteiger partial charge in [0, 0.05) is 4.88 Å². The zero-order chi connectivity index (χ0) is 14.5. The molecule has 0 aliphatic carbocycles. The molecule has 4 nitrogen and oxygen atoms in total. The van der Waals surface area contributed by atoms with Gasteiger partial charge in [-0.2, -0.15) is 0 Å². The second-order valence-corrected chi connectivity index (χ2v) is 5.82. The number of amides is 1. The molecule has 0 bridgehead atoms. The Morgan fingerprint density at radius 2 is 2.05 bits per heavy atom. The predicted molar refractivity (Wildman–Crippen MR) is 80.0 cm³/mol. The number of benzene rings is 1. The summed E-state index contributed by atoms with van der Waals surface area (Å²) in [5, 5.41) is 3.89. The molecule has 2 aromatic rings. The minimum Gasteiger partial charge on any atom is -0.481 e. The number of nitrogens with one attached hydrogen (secondary N) is 1. The first-order valence-electron chi connectivity index (χ1n) is 6.48. The SMILES string of the molecule is Cc1nc(C)c(CNC(=O)C(C)Oc2ccccc2)s1. The van der Waals surface area contributed by atoms with E-state index >= 15 is 0 Å². The largest absolute Gasteiger partial charge is 0.481 e. The Balaban J connectivity index is 1.87. The van der Waals surface area contributed by atoms with Crippen LogP contribution in [0.1, 0.15) is 22.5 Å². The summed E-state index contributed by atoms with van der Waals surface area (Å²) in [4.78, 5) is 17.4. The molecule has 1 heterocycles. The van der Waals surface area contributed by atoms with Gasteiger partial charge >= 0.3 is 0 Å². The minimum absolute atomic E-state index is 0.126. The van der Waals surface area contributed by atoms with Crippen molar-refractivity contribution in [3.8, 4) is 5.75 Å². The summed E-state index contributed by atoms with van der Waals surface area (Å²) >= 11 is 1.61. The first-order valence-corrected chi connectivity index (χ1v) is 7.30. The Hall–Kier alpha value is -1.88. The van der Waals surface area contributed by atoms with Crippen molar-refractivity contribution in [1.29, 1.82) is 0 Å². The van der Waals surface area contributed by atoms with Gasteiger partial charge in [-0.1, -0.05) is 18.2 Å². The first-order chi connectivity index (χ1) is 9.56. The van der Waals surface area contributed by atoms with Crippen molar-refractivity contribution in [3.05, 3.63) is 45.9 Å². The number of carbonyl (C=O) groups is 1. The quantitative estimate of drug-likeness (QED) is 0.921. The monoisotopic (exact) mass is 290 g/mol. The van der Waals surface area contributed by atoms with Crippen LogP contribution in [0.25, 0.3) is 0 Å². The third-order valence-electron chi connectivity index (χ3n) is 2.85. The Morgan fingerprint density at radius 3 is 2.65 bits per heavy atom. The van der Waals surface area contributed by atoms with Crippen LogP contribution in [0.3, 0.4) is 0 Å². The maximum absolute atomic E-state index is 12.0. The lowest BCUT2D eigenvalue weighted by atomic mass is 10.3. The number of para-hydroxylation sites is 1. The fourth-order valence-electron chi connectivity index (χ4n) is 1.81. The van der Waals surface area contributed by atoms with Crippen LogP contribution in [0.5, 0.6) is 5.75 Å². The molecule has 1 aromatic carbocycles. The number of thiazole rings is 1. The van der Waals surface area contributed by atoms with E-state index in [0.29, 0.717) is 12.3 Å². The van der Waals surface area contributed by atoms with Gasteiger partial charge in [-0.05, 0) is 32.9 Å². The van der Waals surface area contributed by atoms with Gasteiger partial charge in [-0.3, -0.25) is 4.79 Å².